The Hall–Kier alpha value is -2.14. The van der Waals surface area contributed by atoms with E-state index in [0.29, 0.717) is 5.56 Å². The summed E-state index contributed by atoms with van der Waals surface area (Å²) in [5.74, 6) is -0.246. The number of rotatable bonds is 3. The number of hydrogen-bond acceptors (Lipinski definition) is 3. The van der Waals surface area contributed by atoms with Gasteiger partial charge in [0.15, 0.2) is 9.84 Å². The number of carbonyl (C=O) groups is 1. The summed E-state index contributed by atoms with van der Waals surface area (Å²) in [5.41, 5.74) is 2.22. The molecule has 0 heterocycles. The van der Waals surface area contributed by atoms with Crippen LogP contribution in [0.2, 0.25) is 0 Å². The van der Waals surface area contributed by atoms with Crippen molar-refractivity contribution in [2.45, 2.75) is 11.8 Å². The summed E-state index contributed by atoms with van der Waals surface area (Å²) in [6.07, 6.45) is 1.13. The molecule has 21 heavy (non-hydrogen) atoms. The lowest BCUT2D eigenvalue weighted by Gasteiger charge is -2.18. The highest BCUT2D eigenvalue weighted by molar-refractivity contribution is 7.90. The van der Waals surface area contributed by atoms with Crippen molar-refractivity contribution in [2.24, 2.45) is 0 Å². The molecule has 0 aliphatic rings. The number of benzene rings is 2. The van der Waals surface area contributed by atoms with Crippen LogP contribution in [0.1, 0.15) is 15.9 Å². The minimum Gasteiger partial charge on any atom is -0.311 e. The van der Waals surface area contributed by atoms with Crippen molar-refractivity contribution < 1.29 is 13.2 Å². The molecule has 0 spiro atoms. The van der Waals surface area contributed by atoms with Gasteiger partial charge < -0.3 is 4.90 Å². The van der Waals surface area contributed by atoms with E-state index in [-0.39, 0.29) is 10.8 Å². The van der Waals surface area contributed by atoms with Crippen molar-refractivity contribution in [2.75, 3.05) is 18.2 Å². The molecular weight excluding hydrogens is 286 g/mol. The molecule has 0 aliphatic carbocycles. The van der Waals surface area contributed by atoms with E-state index >= 15 is 0 Å². The lowest BCUT2D eigenvalue weighted by Crippen LogP contribution is -2.26. The largest absolute Gasteiger partial charge is 0.311 e. The zero-order valence-corrected chi connectivity index (χ0v) is 13.0. The molecule has 0 saturated heterocycles. The van der Waals surface area contributed by atoms with E-state index in [4.69, 9.17) is 0 Å². The van der Waals surface area contributed by atoms with Crippen molar-refractivity contribution >= 4 is 21.4 Å². The Morgan fingerprint density at radius 1 is 1.05 bits per heavy atom. The van der Waals surface area contributed by atoms with E-state index in [0.717, 1.165) is 17.5 Å². The number of aryl methyl sites for hydroxylation is 1. The maximum atomic E-state index is 12.4. The zero-order valence-electron chi connectivity index (χ0n) is 12.2. The Labute approximate surface area is 124 Å². The second kappa shape index (κ2) is 5.69. The van der Waals surface area contributed by atoms with Gasteiger partial charge in [-0.1, -0.05) is 23.8 Å². The van der Waals surface area contributed by atoms with Crippen molar-refractivity contribution in [1.82, 2.24) is 0 Å². The first-order chi connectivity index (χ1) is 9.79. The van der Waals surface area contributed by atoms with Crippen LogP contribution in [0, 0.1) is 6.92 Å². The van der Waals surface area contributed by atoms with Gasteiger partial charge in [0.1, 0.15) is 0 Å². The number of amides is 1. The number of hydrogen-bond donors (Lipinski definition) is 0. The highest BCUT2D eigenvalue weighted by Crippen LogP contribution is 2.18. The fraction of sp³-hybridized carbons (Fsp3) is 0.188. The van der Waals surface area contributed by atoms with E-state index in [1.807, 2.05) is 31.2 Å². The molecule has 2 rings (SSSR count). The van der Waals surface area contributed by atoms with Gasteiger partial charge in [0.05, 0.1) is 4.90 Å². The third-order valence-corrected chi connectivity index (χ3v) is 4.35. The topological polar surface area (TPSA) is 54.5 Å². The van der Waals surface area contributed by atoms with Crippen LogP contribution in [0.4, 0.5) is 5.69 Å². The quantitative estimate of drug-likeness (QED) is 0.876. The standard InChI is InChI=1S/C16H17NO3S/c1-12-7-9-14(10-8-12)17(2)16(18)13-5-4-6-15(11-13)21(3,19)20/h4-11H,1-3H3. The Morgan fingerprint density at radius 2 is 1.67 bits per heavy atom. The first kappa shape index (κ1) is 15.3. The van der Waals surface area contributed by atoms with Gasteiger partial charge in [0, 0.05) is 24.6 Å². The van der Waals surface area contributed by atoms with Crippen LogP contribution in [-0.4, -0.2) is 27.6 Å². The van der Waals surface area contributed by atoms with E-state index in [9.17, 15) is 13.2 Å². The second-order valence-electron chi connectivity index (χ2n) is 5.00. The fourth-order valence-electron chi connectivity index (χ4n) is 1.94. The monoisotopic (exact) mass is 303 g/mol. The molecule has 2 aromatic carbocycles. The van der Waals surface area contributed by atoms with Crippen LogP contribution in [0.25, 0.3) is 0 Å². The Balaban J connectivity index is 2.34. The summed E-state index contributed by atoms with van der Waals surface area (Å²) < 4.78 is 23.1. The third kappa shape index (κ3) is 3.49. The SMILES string of the molecule is Cc1ccc(N(C)C(=O)c2cccc(S(C)(=O)=O)c2)cc1. The third-order valence-electron chi connectivity index (χ3n) is 3.24. The van der Waals surface area contributed by atoms with Gasteiger partial charge in [-0.15, -0.1) is 0 Å². The smallest absolute Gasteiger partial charge is 0.258 e. The average molecular weight is 303 g/mol. The van der Waals surface area contributed by atoms with Gasteiger partial charge in [-0.2, -0.15) is 0 Å². The summed E-state index contributed by atoms with van der Waals surface area (Å²) in [6, 6.07) is 13.6. The van der Waals surface area contributed by atoms with Crippen LogP contribution in [0.15, 0.2) is 53.4 Å². The van der Waals surface area contributed by atoms with Crippen LogP contribution >= 0.6 is 0 Å². The van der Waals surface area contributed by atoms with Crippen LogP contribution in [-0.2, 0) is 9.84 Å². The molecule has 0 atom stereocenters. The summed E-state index contributed by atoms with van der Waals surface area (Å²) in [6.45, 7) is 1.97. The summed E-state index contributed by atoms with van der Waals surface area (Å²) in [5, 5.41) is 0. The molecule has 0 fully saturated rings. The number of sulfone groups is 1. The maximum absolute atomic E-state index is 12.4. The molecule has 1 amide bonds. The maximum Gasteiger partial charge on any atom is 0.258 e. The summed E-state index contributed by atoms with van der Waals surface area (Å²) in [7, 11) is -1.66. The molecule has 2 aromatic rings. The molecule has 5 heteroatoms. The molecule has 0 aliphatic heterocycles. The molecule has 0 aromatic heterocycles. The Kier molecular flexibility index (Phi) is 4.14. The van der Waals surface area contributed by atoms with E-state index < -0.39 is 9.84 Å². The number of carbonyl (C=O) groups excluding carboxylic acids is 1. The summed E-state index contributed by atoms with van der Waals surface area (Å²) in [4.78, 5) is 14.1. The van der Waals surface area contributed by atoms with Gasteiger partial charge in [0.2, 0.25) is 0 Å². The van der Waals surface area contributed by atoms with E-state index in [1.165, 1.54) is 17.0 Å². The molecule has 4 nitrogen and oxygen atoms in total. The minimum atomic E-state index is -3.33. The molecule has 0 unspecified atom stereocenters. The lowest BCUT2D eigenvalue weighted by atomic mass is 10.1. The van der Waals surface area contributed by atoms with Gasteiger partial charge in [0.25, 0.3) is 5.91 Å². The highest BCUT2D eigenvalue weighted by Gasteiger charge is 2.16. The molecular formula is C16H17NO3S. The average Bonchev–Trinajstić information content (AvgIpc) is 2.46. The Bertz CT molecular complexity index is 764. The highest BCUT2D eigenvalue weighted by atomic mass is 32.2. The van der Waals surface area contributed by atoms with Crippen molar-refractivity contribution in [1.29, 1.82) is 0 Å². The second-order valence-corrected chi connectivity index (χ2v) is 7.02. The predicted octanol–water partition coefficient (Wildman–Crippen LogP) is 2.68. The molecule has 110 valence electrons. The fourth-order valence-corrected chi connectivity index (χ4v) is 2.61. The molecule has 0 radical (unpaired) electrons. The van der Waals surface area contributed by atoms with Crippen LogP contribution in [0.3, 0.4) is 0 Å². The molecule has 0 N–H and O–H groups in total. The van der Waals surface area contributed by atoms with E-state index in [2.05, 4.69) is 0 Å². The van der Waals surface area contributed by atoms with Crippen LogP contribution < -0.4 is 4.90 Å². The summed E-state index contributed by atoms with van der Waals surface area (Å²) >= 11 is 0. The number of nitrogens with zero attached hydrogens (tertiary/aromatic N) is 1. The Morgan fingerprint density at radius 3 is 2.24 bits per heavy atom. The van der Waals surface area contributed by atoms with Gasteiger partial charge in [-0.3, -0.25) is 4.79 Å². The van der Waals surface area contributed by atoms with Crippen molar-refractivity contribution in [3.8, 4) is 0 Å². The van der Waals surface area contributed by atoms with Crippen LogP contribution in [0.5, 0.6) is 0 Å². The number of anilines is 1. The molecule has 0 saturated carbocycles. The van der Waals surface area contributed by atoms with Crippen molar-refractivity contribution in [3.05, 3.63) is 59.7 Å². The normalized spacial score (nSPS) is 11.2. The first-order valence-corrected chi connectivity index (χ1v) is 8.33. The van der Waals surface area contributed by atoms with Gasteiger partial charge >= 0.3 is 0 Å². The lowest BCUT2D eigenvalue weighted by molar-refractivity contribution is 0.0993. The first-order valence-electron chi connectivity index (χ1n) is 6.44. The van der Waals surface area contributed by atoms with Gasteiger partial charge in [-0.05, 0) is 37.3 Å². The van der Waals surface area contributed by atoms with Crippen molar-refractivity contribution in [3.63, 3.8) is 0 Å². The molecule has 0 bridgehead atoms. The van der Waals surface area contributed by atoms with E-state index in [1.54, 1.807) is 19.2 Å². The van der Waals surface area contributed by atoms with Gasteiger partial charge in [-0.25, -0.2) is 8.42 Å². The predicted molar refractivity (Wildman–Crippen MR) is 83.5 cm³/mol. The zero-order chi connectivity index (χ0) is 15.6. The minimum absolute atomic E-state index is 0.144.